The quantitative estimate of drug-likeness (QED) is 0.483. The minimum Gasteiger partial charge on any atom is -0.549 e. The molecule has 0 aromatic carbocycles. The highest BCUT2D eigenvalue weighted by Gasteiger charge is 2.54. The lowest BCUT2D eigenvalue weighted by atomic mass is 9.83. The van der Waals surface area contributed by atoms with Gasteiger partial charge < -0.3 is 28.5 Å². The van der Waals surface area contributed by atoms with Crippen molar-refractivity contribution >= 4 is 11.9 Å². The Bertz CT molecular complexity index is 527. The normalized spacial score (nSPS) is 14.0. The highest BCUT2D eigenvalue weighted by atomic mass is 16.7. The van der Waals surface area contributed by atoms with Crippen molar-refractivity contribution in [2.24, 2.45) is 5.92 Å². The van der Waals surface area contributed by atoms with E-state index in [9.17, 15) is 14.7 Å². The zero-order valence-corrected chi connectivity index (χ0v) is 11.7. The Morgan fingerprint density at radius 3 is 2.33 bits per heavy atom. The molecule has 0 saturated heterocycles. The fourth-order valence-electron chi connectivity index (χ4n) is 2.08. The molecule has 0 N–H and O–H groups in total. The van der Waals surface area contributed by atoms with Gasteiger partial charge in [0.15, 0.2) is 0 Å². The van der Waals surface area contributed by atoms with Crippen molar-refractivity contribution in [1.82, 2.24) is 0 Å². The molecule has 114 valence electrons. The van der Waals surface area contributed by atoms with Crippen LogP contribution in [0.15, 0.2) is 22.8 Å². The molecule has 8 nitrogen and oxygen atoms in total. The molecule has 8 heteroatoms. The average molecular weight is 296 g/mol. The van der Waals surface area contributed by atoms with Crippen LogP contribution in [0, 0.1) is 17.2 Å². The molecule has 21 heavy (non-hydrogen) atoms. The Labute approximate surface area is 120 Å². The van der Waals surface area contributed by atoms with E-state index in [1.165, 1.54) is 18.4 Å². The van der Waals surface area contributed by atoms with Crippen LogP contribution in [0.4, 0.5) is 0 Å². The standard InChI is InChI=1S/C13H15NO7/c1-18-12(17)13(19-2,20-3)10(8(7-14)11(15)16)9-5-4-6-21-9/h4-6,8,10H,1-3H3,(H,15,16)/p-1/t8-,10-/m1/s1. The molecule has 1 aromatic heterocycles. The molecule has 1 heterocycles. The van der Waals surface area contributed by atoms with Crippen LogP contribution < -0.4 is 5.11 Å². The number of carbonyl (C=O) groups excluding carboxylic acids is 2. The summed E-state index contributed by atoms with van der Waals surface area (Å²) in [4.78, 5) is 23.3. The van der Waals surface area contributed by atoms with Crippen LogP contribution in [0.3, 0.4) is 0 Å². The van der Waals surface area contributed by atoms with Gasteiger partial charge in [-0.05, 0) is 12.1 Å². The maximum atomic E-state index is 12.0. The van der Waals surface area contributed by atoms with Crippen molar-refractivity contribution in [3.63, 3.8) is 0 Å². The lowest BCUT2D eigenvalue weighted by Crippen LogP contribution is -2.53. The Balaban J connectivity index is 3.51. The number of carbonyl (C=O) groups is 2. The van der Waals surface area contributed by atoms with Gasteiger partial charge in [-0.3, -0.25) is 0 Å². The molecule has 2 atom stereocenters. The first kappa shape index (κ1) is 16.7. The Morgan fingerprint density at radius 1 is 1.38 bits per heavy atom. The fourth-order valence-corrected chi connectivity index (χ4v) is 2.08. The van der Waals surface area contributed by atoms with Gasteiger partial charge in [0, 0.05) is 14.2 Å². The number of nitriles is 1. The van der Waals surface area contributed by atoms with Gasteiger partial charge in [0.05, 0.1) is 25.4 Å². The molecule has 0 saturated carbocycles. The van der Waals surface area contributed by atoms with E-state index in [2.05, 4.69) is 4.74 Å². The van der Waals surface area contributed by atoms with Gasteiger partial charge in [-0.1, -0.05) is 0 Å². The third kappa shape index (κ3) is 2.89. The molecular formula is C13H14NO7-. The van der Waals surface area contributed by atoms with E-state index in [4.69, 9.17) is 19.2 Å². The van der Waals surface area contributed by atoms with Crippen LogP contribution in [0.5, 0.6) is 0 Å². The zero-order chi connectivity index (χ0) is 16.0. The smallest absolute Gasteiger partial charge is 0.367 e. The minimum atomic E-state index is -2.16. The van der Waals surface area contributed by atoms with Gasteiger partial charge >= 0.3 is 5.97 Å². The highest BCUT2D eigenvalue weighted by Crippen LogP contribution is 2.39. The summed E-state index contributed by atoms with van der Waals surface area (Å²) in [7, 11) is 3.33. The molecule has 0 aliphatic heterocycles. The first-order valence-corrected chi connectivity index (χ1v) is 5.81. The summed E-state index contributed by atoms with van der Waals surface area (Å²) in [5, 5.41) is 20.3. The van der Waals surface area contributed by atoms with E-state index in [-0.39, 0.29) is 5.76 Å². The number of aliphatic carboxylic acids is 1. The number of ether oxygens (including phenoxy) is 3. The molecule has 1 aromatic rings. The van der Waals surface area contributed by atoms with E-state index in [0.717, 1.165) is 21.3 Å². The van der Waals surface area contributed by atoms with Crippen molar-refractivity contribution < 1.29 is 33.3 Å². The van der Waals surface area contributed by atoms with Crippen molar-refractivity contribution in [3.05, 3.63) is 24.2 Å². The van der Waals surface area contributed by atoms with E-state index in [1.807, 2.05) is 0 Å². The van der Waals surface area contributed by atoms with Crippen LogP contribution in [-0.4, -0.2) is 39.1 Å². The number of hydrogen-bond donors (Lipinski definition) is 0. The average Bonchev–Trinajstić information content (AvgIpc) is 3.00. The molecule has 0 aliphatic rings. The Kier molecular flexibility index (Phi) is 5.46. The predicted octanol–water partition coefficient (Wildman–Crippen LogP) is -0.585. The van der Waals surface area contributed by atoms with Crippen LogP contribution in [-0.2, 0) is 23.8 Å². The number of methoxy groups -OCH3 is 3. The second-order valence-electron chi connectivity index (χ2n) is 3.99. The van der Waals surface area contributed by atoms with Gasteiger partial charge in [-0.25, -0.2) is 4.79 Å². The molecule has 0 spiro atoms. The number of rotatable bonds is 7. The fraction of sp³-hybridized carbons (Fsp3) is 0.462. The van der Waals surface area contributed by atoms with Gasteiger partial charge in [0.2, 0.25) is 0 Å². The molecular weight excluding hydrogens is 282 g/mol. The minimum absolute atomic E-state index is 0.0138. The summed E-state index contributed by atoms with van der Waals surface area (Å²) in [6.45, 7) is 0. The highest BCUT2D eigenvalue weighted by molar-refractivity contribution is 5.82. The molecule has 0 bridgehead atoms. The SMILES string of the molecule is COC(=O)C(OC)(OC)[C@@H](c1ccco1)[C@@H](C#N)C(=O)[O-]. The maximum Gasteiger partial charge on any atom is 0.367 e. The number of carboxylic acid groups (broad SMARTS) is 1. The van der Waals surface area contributed by atoms with Crippen molar-refractivity contribution in [2.45, 2.75) is 11.7 Å². The van der Waals surface area contributed by atoms with E-state index < -0.39 is 29.6 Å². The predicted molar refractivity (Wildman–Crippen MR) is 64.3 cm³/mol. The molecule has 0 amide bonds. The van der Waals surface area contributed by atoms with Crippen LogP contribution >= 0.6 is 0 Å². The van der Waals surface area contributed by atoms with Gasteiger partial charge in [0.1, 0.15) is 17.6 Å². The first-order valence-electron chi connectivity index (χ1n) is 5.81. The second-order valence-corrected chi connectivity index (χ2v) is 3.99. The van der Waals surface area contributed by atoms with Crippen LogP contribution in [0.2, 0.25) is 0 Å². The number of hydrogen-bond acceptors (Lipinski definition) is 8. The summed E-state index contributed by atoms with van der Waals surface area (Å²) < 4.78 is 19.8. The summed E-state index contributed by atoms with van der Waals surface area (Å²) in [5.74, 6) is -8.01. The number of nitrogens with zero attached hydrogens (tertiary/aromatic N) is 1. The van der Waals surface area contributed by atoms with Crippen LogP contribution in [0.25, 0.3) is 0 Å². The lowest BCUT2D eigenvalue weighted by Gasteiger charge is -2.36. The Hall–Kier alpha value is -2.37. The third-order valence-electron chi connectivity index (χ3n) is 3.06. The second kappa shape index (κ2) is 6.88. The van der Waals surface area contributed by atoms with E-state index >= 15 is 0 Å². The number of esters is 1. The van der Waals surface area contributed by atoms with E-state index in [1.54, 1.807) is 6.07 Å². The summed E-state index contributed by atoms with van der Waals surface area (Å²) in [5.41, 5.74) is 0. The third-order valence-corrected chi connectivity index (χ3v) is 3.06. The van der Waals surface area contributed by atoms with E-state index in [0.29, 0.717) is 0 Å². The maximum absolute atomic E-state index is 12.0. The largest absolute Gasteiger partial charge is 0.549 e. The molecule has 1 rings (SSSR count). The summed E-state index contributed by atoms with van der Waals surface area (Å²) in [6, 6.07) is 4.42. The molecule has 0 radical (unpaired) electrons. The molecule has 0 aliphatic carbocycles. The first-order chi connectivity index (χ1) is 9.98. The number of furan rings is 1. The molecule has 0 fully saturated rings. The van der Waals surface area contributed by atoms with Crippen molar-refractivity contribution in [2.75, 3.05) is 21.3 Å². The van der Waals surface area contributed by atoms with Gasteiger partial charge in [-0.2, -0.15) is 5.26 Å². The Morgan fingerprint density at radius 2 is 2.00 bits per heavy atom. The van der Waals surface area contributed by atoms with Crippen molar-refractivity contribution in [3.8, 4) is 6.07 Å². The molecule has 0 unspecified atom stereocenters. The topological polar surface area (TPSA) is 122 Å². The van der Waals surface area contributed by atoms with Gasteiger partial charge in [-0.15, -0.1) is 0 Å². The number of carboxylic acids is 1. The lowest BCUT2D eigenvalue weighted by molar-refractivity contribution is -0.314. The van der Waals surface area contributed by atoms with Gasteiger partial charge in [0.25, 0.3) is 5.79 Å². The summed E-state index contributed by atoms with van der Waals surface area (Å²) >= 11 is 0. The zero-order valence-electron chi connectivity index (χ0n) is 11.7. The monoisotopic (exact) mass is 296 g/mol. The summed E-state index contributed by atoms with van der Waals surface area (Å²) in [6.07, 6.45) is 1.26. The van der Waals surface area contributed by atoms with Crippen LogP contribution in [0.1, 0.15) is 11.7 Å². The van der Waals surface area contributed by atoms with Crippen molar-refractivity contribution in [1.29, 1.82) is 5.26 Å².